The minimum atomic E-state index is -0.181. The van der Waals surface area contributed by atoms with Gasteiger partial charge in [0.1, 0.15) is 5.70 Å². The van der Waals surface area contributed by atoms with Crippen molar-refractivity contribution < 1.29 is 4.79 Å². The summed E-state index contributed by atoms with van der Waals surface area (Å²) in [5.74, 6) is -0.181. The van der Waals surface area contributed by atoms with Crippen LogP contribution in [0.15, 0.2) is 29.0 Å². The molecule has 0 fully saturated rings. The van der Waals surface area contributed by atoms with Crippen LogP contribution in [0, 0.1) is 0 Å². The van der Waals surface area contributed by atoms with E-state index < -0.39 is 0 Å². The van der Waals surface area contributed by atoms with Crippen LogP contribution in [0.3, 0.4) is 0 Å². The lowest BCUT2D eigenvalue weighted by Crippen LogP contribution is -2.21. The smallest absolute Gasteiger partial charge is 0.275 e. The summed E-state index contributed by atoms with van der Waals surface area (Å²) >= 11 is 0. The van der Waals surface area contributed by atoms with E-state index in [1.807, 2.05) is 13.8 Å². The summed E-state index contributed by atoms with van der Waals surface area (Å²) in [6, 6.07) is 0. The fourth-order valence-electron chi connectivity index (χ4n) is 0.861. The number of nitrogens with zero attached hydrogens (tertiary/aromatic N) is 2. The number of likely N-dealkylation sites (N-methyl/N-ethyl adjacent to an activating group) is 1. The molecule has 1 amide bonds. The Balaban J connectivity index is 4.44. The van der Waals surface area contributed by atoms with E-state index in [0.717, 1.165) is 5.57 Å². The lowest BCUT2D eigenvalue weighted by atomic mass is 10.3. The molecule has 3 heteroatoms. The molecule has 0 saturated heterocycles. The SMILES string of the molecule is C=C(/N=C\C)C(=O)N(C)C=C(C)C. The Morgan fingerprint density at radius 2 is 2.00 bits per heavy atom. The number of carbonyl (C=O) groups excluding carboxylic acids is 1. The van der Waals surface area contributed by atoms with Crippen LogP contribution >= 0.6 is 0 Å². The lowest BCUT2D eigenvalue weighted by molar-refractivity contribution is -0.123. The maximum atomic E-state index is 11.4. The third-order valence-corrected chi connectivity index (χ3v) is 1.30. The number of amides is 1. The van der Waals surface area contributed by atoms with Crippen LogP contribution in [-0.2, 0) is 4.79 Å². The molecular weight excluding hydrogens is 164 g/mol. The highest BCUT2D eigenvalue weighted by Gasteiger charge is 2.08. The van der Waals surface area contributed by atoms with E-state index in [9.17, 15) is 4.79 Å². The Labute approximate surface area is 79.5 Å². The van der Waals surface area contributed by atoms with E-state index in [0.29, 0.717) is 0 Å². The van der Waals surface area contributed by atoms with Gasteiger partial charge in [-0.05, 0) is 20.8 Å². The molecule has 0 N–H and O–H groups in total. The van der Waals surface area contributed by atoms with Gasteiger partial charge in [-0.2, -0.15) is 0 Å². The van der Waals surface area contributed by atoms with Crippen LogP contribution in [0.4, 0.5) is 0 Å². The van der Waals surface area contributed by atoms with E-state index in [1.54, 1.807) is 26.4 Å². The Bertz CT molecular complexity index is 260. The molecule has 0 rings (SSSR count). The molecule has 0 aromatic heterocycles. The Hall–Kier alpha value is -1.38. The summed E-state index contributed by atoms with van der Waals surface area (Å²) in [6.45, 7) is 9.16. The largest absolute Gasteiger partial charge is 0.317 e. The van der Waals surface area contributed by atoms with Gasteiger partial charge < -0.3 is 4.90 Å². The molecule has 13 heavy (non-hydrogen) atoms. The van der Waals surface area contributed by atoms with Gasteiger partial charge in [0, 0.05) is 19.5 Å². The predicted molar refractivity (Wildman–Crippen MR) is 55.5 cm³/mol. The van der Waals surface area contributed by atoms with Crippen molar-refractivity contribution in [3.8, 4) is 0 Å². The lowest BCUT2D eigenvalue weighted by Gasteiger charge is -2.11. The molecule has 3 nitrogen and oxygen atoms in total. The Kier molecular flexibility index (Phi) is 4.74. The summed E-state index contributed by atoms with van der Waals surface area (Å²) < 4.78 is 0. The highest BCUT2D eigenvalue weighted by atomic mass is 16.2. The van der Waals surface area contributed by atoms with Crippen LogP contribution in [0.2, 0.25) is 0 Å². The minimum absolute atomic E-state index is 0.181. The zero-order chi connectivity index (χ0) is 10.4. The second-order valence-corrected chi connectivity index (χ2v) is 2.96. The van der Waals surface area contributed by atoms with Gasteiger partial charge in [-0.15, -0.1) is 0 Å². The predicted octanol–water partition coefficient (Wildman–Crippen LogP) is 1.97. The van der Waals surface area contributed by atoms with Gasteiger partial charge >= 0.3 is 0 Å². The van der Waals surface area contributed by atoms with Gasteiger partial charge in [0.05, 0.1) is 0 Å². The average molecular weight is 180 g/mol. The Morgan fingerprint density at radius 3 is 2.38 bits per heavy atom. The molecule has 0 atom stereocenters. The number of hydrogen-bond donors (Lipinski definition) is 0. The van der Waals surface area contributed by atoms with Crippen molar-refractivity contribution in [1.29, 1.82) is 0 Å². The van der Waals surface area contributed by atoms with Crippen LogP contribution in [0.25, 0.3) is 0 Å². The van der Waals surface area contributed by atoms with Crippen molar-refractivity contribution in [2.24, 2.45) is 4.99 Å². The highest BCUT2D eigenvalue weighted by Crippen LogP contribution is 2.01. The number of hydrogen-bond acceptors (Lipinski definition) is 2. The number of aliphatic imine (C=N–C) groups is 1. The molecular formula is C10H16N2O. The van der Waals surface area contributed by atoms with Gasteiger partial charge in [-0.1, -0.05) is 12.2 Å². The number of allylic oxidation sites excluding steroid dienone is 1. The van der Waals surface area contributed by atoms with Crippen molar-refractivity contribution in [1.82, 2.24) is 4.90 Å². The number of carbonyl (C=O) groups is 1. The molecule has 72 valence electrons. The van der Waals surface area contributed by atoms with E-state index in [2.05, 4.69) is 11.6 Å². The normalized spacial score (nSPS) is 9.85. The van der Waals surface area contributed by atoms with Gasteiger partial charge in [-0.3, -0.25) is 9.79 Å². The van der Waals surface area contributed by atoms with Crippen molar-refractivity contribution in [2.75, 3.05) is 7.05 Å². The third kappa shape index (κ3) is 4.25. The van der Waals surface area contributed by atoms with E-state index in [4.69, 9.17) is 0 Å². The van der Waals surface area contributed by atoms with Crippen LogP contribution in [0.1, 0.15) is 20.8 Å². The molecule has 0 aromatic carbocycles. The molecule has 0 heterocycles. The van der Waals surface area contributed by atoms with Gasteiger partial charge in [0.2, 0.25) is 0 Å². The van der Waals surface area contributed by atoms with E-state index in [-0.39, 0.29) is 11.6 Å². The molecule has 0 aliphatic heterocycles. The fraction of sp³-hybridized carbons (Fsp3) is 0.400. The summed E-state index contributed by atoms with van der Waals surface area (Å²) in [6.07, 6.45) is 3.30. The van der Waals surface area contributed by atoms with Crippen molar-refractivity contribution >= 4 is 12.1 Å². The first kappa shape index (κ1) is 11.6. The van der Waals surface area contributed by atoms with E-state index in [1.165, 1.54) is 4.90 Å². The third-order valence-electron chi connectivity index (χ3n) is 1.30. The maximum Gasteiger partial charge on any atom is 0.275 e. The van der Waals surface area contributed by atoms with Crippen LogP contribution in [0.5, 0.6) is 0 Å². The zero-order valence-corrected chi connectivity index (χ0v) is 8.66. The Morgan fingerprint density at radius 1 is 1.46 bits per heavy atom. The molecule has 0 aliphatic rings. The van der Waals surface area contributed by atoms with Crippen molar-refractivity contribution in [3.05, 3.63) is 24.0 Å². The van der Waals surface area contributed by atoms with Gasteiger partial charge in [0.25, 0.3) is 5.91 Å². The zero-order valence-electron chi connectivity index (χ0n) is 8.66. The molecule has 0 aliphatic carbocycles. The first-order valence-corrected chi connectivity index (χ1v) is 4.08. The van der Waals surface area contributed by atoms with Crippen LogP contribution in [-0.4, -0.2) is 24.1 Å². The van der Waals surface area contributed by atoms with Crippen molar-refractivity contribution in [2.45, 2.75) is 20.8 Å². The fourth-order valence-corrected chi connectivity index (χ4v) is 0.861. The second kappa shape index (κ2) is 5.30. The molecule has 0 radical (unpaired) electrons. The van der Waals surface area contributed by atoms with Gasteiger partial charge in [0.15, 0.2) is 0 Å². The molecule has 0 spiro atoms. The quantitative estimate of drug-likeness (QED) is 0.483. The second-order valence-electron chi connectivity index (χ2n) is 2.96. The van der Waals surface area contributed by atoms with Gasteiger partial charge in [-0.25, -0.2) is 0 Å². The topological polar surface area (TPSA) is 32.7 Å². The highest BCUT2D eigenvalue weighted by molar-refractivity contribution is 5.94. The van der Waals surface area contributed by atoms with Crippen molar-refractivity contribution in [3.63, 3.8) is 0 Å². The summed E-state index contributed by atoms with van der Waals surface area (Å²) in [4.78, 5) is 16.7. The molecule has 0 saturated carbocycles. The maximum absolute atomic E-state index is 11.4. The number of rotatable bonds is 3. The molecule has 0 aromatic rings. The average Bonchev–Trinajstić information content (AvgIpc) is 2.02. The summed E-state index contributed by atoms with van der Waals surface area (Å²) in [5, 5.41) is 0. The summed E-state index contributed by atoms with van der Waals surface area (Å²) in [7, 11) is 1.69. The first-order valence-electron chi connectivity index (χ1n) is 4.08. The standard InChI is InChI=1S/C10H16N2O/c1-6-11-9(4)10(13)12(5)7-8(2)3/h6-7H,4H2,1-3,5H3/b11-6-. The first-order chi connectivity index (χ1) is 5.99. The molecule has 0 unspecified atom stereocenters. The van der Waals surface area contributed by atoms with E-state index >= 15 is 0 Å². The monoisotopic (exact) mass is 180 g/mol. The molecule has 0 bridgehead atoms. The minimum Gasteiger partial charge on any atom is -0.317 e. The van der Waals surface area contributed by atoms with Crippen LogP contribution < -0.4 is 0 Å². The summed E-state index contributed by atoms with van der Waals surface area (Å²) in [5.41, 5.74) is 1.31.